The summed E-state index contributed by atoms with van der Waals surface area (Å²) in [7, 11) is 4.66. The summed E-state index contributed by atoms with van der Waals surface area (Å²) in [5.74, 6) is 1.40. The lowest BCUT2D eigenvalue weighted by Gasteiger charge is -2.14. The highest BCUT2D eigenvalue weighted by molar-refractivity contribution is 5.91. The van der Waals surface area contributed by atoms with Crippen LogP contribution in [0.5, 0.6) is 17.2 Å². The molecule has 150 valence electrons. The predicted octanol–water partition coefficient (Wildman–Crippen LogP) is 1.81. The fraction of sp³-hybridized carbons (Fsp3) is 0.400. The van der Waals surface area contributed by atoms with Gasteiger partial charge in [-0.15, -0.1) is 0 Å². The van der Waals surface area contributed by atoms with Crippen LogP contribution in [0.25, 0.3) is 6.08 Å². The molecule has 8 heteroatoms. The molecular formula is C20H25N3O5. The number of hydrogen-bond donors (Lipinski definition) is 1. The van der Waals surface area contributed by atoms with E-state index in [9.17, 15) is 4.79 Å². The van der Waals surface area contributed by atoms with Crippen LogP contribution in [0.1, 0.15) is 16.8 Å². The van der Waals surface area contributed by atoms with Crippen LogP contribution >= 0.6 is 0 Å². The maximum absolute atomic E-state index is 12.1. The molecule has 1 aliphatic rings. The van der Waals surface area contributed by atoms with E-state index < -0.39 is 0 Å². The van der Waals surface area contributed by atoms with E-state index in [0.717, 1.165) is 17.5 Å². The summed E-state index contributed by atoms with van der Waals surface area (Å²) in [4.78, 5) is 12.1. The first-order valence-electron chi connectivity index (χ1n) is 9.03. The molecule has 2 heterocycles. The number of nitrogens with one attached hydrogen (secondary N) is 1. The summed E-state index contributed by atoms with van der Waals surface area (Å²) in [5.41, 5.74) is 3.08. The minimum Gasteiger partial charge on any atom is -0.493 e. The van der Waals surface area contributed by atoms with Crippen molar-refractivity contribution >= 4 is 12.0 Å². The number of ether oxygens (including phenoxy) is 4. The lowest BCUT2D eigenvalue weighted by molar-refractivity contribution is -0.116. The first kappa shape index (κ1) is 19.8. The number of fused-ring (bicyclic) bond motifs is 1. The second-order valence-corrected chi connectivity index (χ2v) is 6.23. The van der Waals surface area contributed by atoms with Crippen LogP contribution < -0.4 is 19.5 Å². The Morgan fingerprint density at radius 1 is 1.25 bits per heavy atom. The number of carbonyl (C=O) groups excluding carboxylic acids is 1. The van der Waals surface area contributed by atoms with E-state index in [2.05, 4.69) is 10.4 Å². The van der Waals surface area contributed by atoms with Crippen molar-refractivity contribution < 1.29 is 23.7 Å². The van der Waals surface area contributed by atoms with Crippen LogP contribution in [0.2, 0.25) is 0 Å². The second-order valence-electron chi connectivity index (χ2n) is 6.23. The molecule has 0 radical (unpaired) electrons. The van der Waals surface area contributed by atoms with Crippen molar-refractivity contribution in [3.63, 3.8) is 0 Å². The van der Waals surface area contributed by atoms with Crippen LogP contribution in [-0.2, 0) is 29.1 Å². The third-order valence-electron chi connectivity index (χ3n) is 4.51. The lowest BCUT2D eigenvalue weighted by Crippen LogP contribution is -2.26. The average molecular weight is 387 g/mol. The third kappa shape index (κ3) is 4.45. The molecule has 0 saturated heterocycles. The monoisotopic (exact) mass is 387 g/mol. The summed E-state index contributed by atoms with van der Waals surface area (Å²) in [6.07, 6.45) is 5.87. The maximum Gasteiger partial charge on any atom is 0.244 e. The average Bonchev–Trinajstić information content (AvgIpc) is 3.14. The molecule has 0 aliphatic carbocycles. The van der Waals surface area contributed by atoms with Crippen LogP contribution in [0, 0.1) is 0 Å². The summed E-state index contributed by atoms with van der Waals surface area (Å²) in [6.45, 7) is 2.44. The zero-order valence-corrected chi connectivity index (χ0v) is 16.4. The number of rotatable bonds is 8. The van der Waals surface area contributed by atoms with Crippen LogP contribution in [-0.4, -0.2) is 50.2 Å². The summed E-state index contributed by atoms with van der Waals surface area (Å²) in [6, 6.07) is 3.56. The fourth-order valence-electron chi connectivity index (χ4n) is 3.12. The van der Waals surface area contributed by atoms with E-state index in [1.807, 2.05) is 10.9 Å². The molecule has 1 aromatic carbocycles. The highest BCUT2D eigenvalue weighted by Crippen LogP contribution is 2.38. The third-order valence-corrected chi connectivity index (χ3v) is 4.51. The molecule has 3 rings (SSSR count). The smallest absolute Gasteiger partial charge is 0.244 e. The van der Waals surface area contributed by atoms with Crippen LogP contribution in [0.4, 0.5) is 0 Å². The van der Waals surface area contributed by atoms with Gasteiger partial charge in [-0.05, 0) is 23.8 Å². The molecule has 0 bridgehead atoms. The molecule has 0 fully saturated rings. The first-order valence-corrected chi connectivity index (χ1v) is 9.03. The Morgan fingerprint density at radius 2 is 2.00 bits per heavy atom. The maximum atomic E-state index is 12.1. The molecule has 0 atom stereocenters. The van der Waals surface area contributed by atoms with Crippen LogP contribution in [0.15, 0.2) is 24.4 Å². The van der Waals surface area contributed by atoms with E-state index in [4.69, 9.17) is 18.9 Å². The van der Waals surface area contributed by atoms with Crippen molar-refractivity contribution in [1.29, 1.82) is 0 Å². The molecule has 8 nitrogen and oxygen atoms in total. The number of nitrogens with zero attached hydrogens (tertiary/aromatic N) is 2. The van der Waals surface area contributed by atoms with Gasteiger partial charge < -0.3 is 24.3 Å². The van der Waals surface area contributed by atoms with Gasteiger partial charge in [-0.3, -0.25) is 9.48 Å². The first-order chi connectivity index (χ1) is 13.7. The van der Waals surface area contributed by atoms with Gasteiger partial charge in [0.2, 0.25) is 11.7 Å². The van der Waals surface area contributed by atoms with E-state index in [0.29, 0.717) is 43.6 Å². The topological polar surface area (TPSA) is 83.8 Å². The minimum absolute atomic E-state index is 0.182. The number of carbonyl (C=O) groups is 1. The quantitative estimate of drug-likeness (QED) is 0.696. The van der Waals surface area contributed by atoms with Gasteiger partial charge in [-0.1, -0.05) is 0 Å². The molecule has 28 heavy (non-hydrogen) atoms. The van der Waals surface area contributed by atoms with Crippen molar-refractivity contribution in [2.45, 2.75) is 19.6 Å². The normalized spacial score (nSPS) is 13.2. The summed E-state index contributed by atoms with van der Waals surface area (Å²) >= 11 is 0. The van der Waals surface area contributed by atoms with Gasteiger partial charge in [0.1, 0.15) is 0 Å². The Labute approximate surface area is 164 Å². The Morgan fingerprint density at radius 3 is 2.68 bits per heavy atom. The molecule has 1 aliphatic heterocycles. The van der Waals surface area contributed by atoms with Gasteiger partial charge in [0.15, 0.2) is 11.5 Å². The zero-order valence-electron chi connectivity index (χ0n) is 16.4. The van der Waals surface area contributed by atoms with Crippen molar-refractivity contribution in [3.05, 3.63) is 41.2 Å². The molecule has 0 saturated carbocycles. The molecule has 0 spiro atoms. The Kier molecular flexibility index (Phi) is 6.54. The van der Waals surface area contributed by atoms with Crippen molar-refractivity contribution in [2.24, 2.45) is 0 Å². The van der Waals surface area contributed by atoms with Gasteiger partial charge in [0.25, 0.3) is 0 Å². The number of aromatic nitrogens is 2. The standard InChI is InChI=1S/C20H25N3O5/c1-25-17-10-14(11-18(26-2)20(17)27-3)4-5-19(24)21-7-8-23-16-6-9-28-13-15(16)12-22-23/h4-5,10-12H,6-9,13H2,1-3H3,(H,21,24). The number of hydrogen-bond acceptors (Lipinski definition) is 6. The Bertz CT molecular complexity index is 835. The van der Waals surface area contributed by atoms with E-state index in [1.54, 1.807) is 39.5 Å². The van der Waals surface area contributed by atoms with E-state index in [-0.39, 0.29) is 5.91 Å². The van der Waals surface area contributed by atoms with E-state index >= 15 is 0 Å². The van der Waals surface area contributed by atoms with Crippen LogP contribution in [0.3, 0.4) is 0 Å². The van der Waals surface area contributed by atoms with Gasteiger partial charge in [-0.25, -0.2) is 0 Å². The van der Waals surface area contributed by atoms with Gasteiger partial charge in [0.05, 0.1) is 47.3 Å². The van der Waals surface area contributed by atoms with E-state index in [1.165, 1.54) is 11.8 Å². The largest absolute Gasteiger partial charge is 0.493 e. The van der Waals surface area contributed by atoms with Crippen molar-refractivity contribution in [2.75, 3.05) is 34.5 Å². The minimum atomic E-state index is -0.182. The zero-order chi connectivity index (χ0) is 19.9. The van der Waals surface area contributed by atoms with Crippen molar-refractivity contribution in [3.8, 4) is 17.2 Å². The lowest BCUT2D eigenvalue weighted by atomic mass is 10.1. The number of amides is 1. The molecule has 1 amide bonds. The fourth-order valence-corrected chi connectivity index (χ4v) is 3.12. The predicted molar refractivity (Wildman–Crippen MR) is 104 cm³/mol. The summed E-state index contributed by atoms with van der Waals surface area (Å²) < 4.78 is 23.3. The molecule has 1 aromatic heterocycles. The number of benzene rings is 1. The Balaban J connectivity index is 1.57. The SMILES string of the molecule is COc1cc(C=CC(=O)NCCn2ncc3c2CCOC3)cc(OC)c1OC. The second kappa shape index (κ2) is 9.27. The highest BCUT2D eigenvalue weighted by atomic mass is 16.5. The summed E-state index contributed by atoms with van der Waals surface area (Å²) in [5, 5.41) is 7.24. The molecule has 1 N–H and O–H groups in total. The molecule has 0 unspecified atom stereocenters. The molecular weight excluding hydrogens is 362 g/mol. The Hall–Kier alpha value is -3.00. The highest BCUT2D eigenvalue weighted by Gasteiger charge is 2.15. The van der Waals surface area contributed by atoms with Gasteiger partial charge in [0, 0.05) is 30.3 Å². The van der Waals surface area contributed by atoms with Gasteiger partial charge >= 0.3 is 0 Å². The number of methoxy groups -OCH3 is 3. The van der Waals surface area contributed by atoms with Gasteiger partial charge in [-0.2, -0.15) is 5.10 Å². The van der Waals surface area contributed by atoms with Crippen molar-refractivity contribution in [1.82, 2.24) is 15.1 Å². The molecule has 2 aromatic rings.